The minimum Gasteiger partial charge on any atom is -0.443 e. The summed E-state index contributed by atoms with van der Waals surface area (Å²) in [6.07, 6.45) is 1.17. The van der Waals surface area contributed by atoms with Crippen molar-refractivity contribution in [3.8, 4) is 11.3 Å². The van der Waals surface area contributed by atoms with Gasteiger partial charge in [0, 0.05) is 5.56 Å². The van der Waals surface area contributed by atoms with Gasteiger partial charge in [-0.15, -0.1) is 0 Å². The third-order valence-corrected chi connectivity index (χ3v) is 2.25. The standard InChI is InChI=1S/C10H7ClN2O2/c11-7-4-2-1-3-6(7)9-8(10(12)14)13-5-15-9/h1-5H,(H2,12,14). The summed E-state index contributed by atoms with van der Waals surface area (Å²) >= 11 is 5.95. The van der Waals surface area contributed by atoms with Crippen molar-refractivity contribution in [2.45, 2.75) is 0 Å². The molecule has 0 spiro atoms. The smallest absolute Gasteiger partial charge is 0.271 e. The molecule has 1 amide bonds. The molecular formula is C10H7ClN2O2. The molecule has 0 unspecified atom stereocenters. The van der Waals surface area contributed by atoms with Crippen LogP contribution in [-0.4, -0.2) is 10.9 Å². The highest BCUT2D eigenvalue weighted by Gasteiger charge is 2.17. The zero-order valence-electron chi connectivity index (χ0n) is 7.61. The number of carbonyl (C=O) groups excluding carboxylic acids is 1. The molecule has 0 aliphatic heterocycles. The minimum atomic E-state index is -0.640. The number of nitrogens with zero attached hydrogens (tertiary/aromatic N) is 1. The zero-order valence-corrected chi connectivity index (χ0v) is 8.36. The van der Waals surface area contributed by atoms with Crippen LogP contribution in [0.15, 0.2) is 35.1 Å². The molecule has 0 radical (unpaired) electrons. The molecule has 0 aliphatic rings. The second kappa shape index (κ2) is 3.74. The van der Waals surface area contributed by atoms with Gasteiger partial charge in [0.25, 0.3) is 5.91 Å². The van der Waals surface area contributed by atoms with Crippen molar-refractivity contribution in [3.05, 3.63) is 41.4 Å². The van der Waals surface area contributed by atoms with Gasteiger partial charge in [0.1, 0.15) is 0 Å². The van der Waals surface area contributed by atoms with Crippen molar-refractivity contribution in [2.75, 3.05) is 0 Å². The Kier molecular flexibility index (Phi) is 2.43. The van der Waals surface area contributed by atoms with E-state index in [-0.39, 0.29) is 5.69 Å². The van der Waals surface area contributed by atoms with Gasteiger partial charge in [0.2, 0.25) is 0 Å². The van der Waals surface area contributed by atoms with Crippen LogP contribution in [0.3, 0.4) is 0 Å². The number of amides is 1. The van der Waals surface area contributed by atoms with Gasteiger partial charge in [-0.05, 0) is 12.1 Å². The van der Waals surface area contributed by atoms with E-state index in [0.29, 0.717) is 16.3 Å². The van der Waals surface area contributed by atoms with Crippen LogP contribution < -0.4 is 5.73 Å². The van der Waals surface area contributed by atoms with Crippen LogP contribution in [0, 0.1) is 0 Å². The number of nitrogens with two attached hydrogens (primary N) is 1. The van der Waals surface area contributed by atoms with Gasteiger partial charge in [-0.25, -0.2) is 4.98 Å². The lowest BCUT2D eigenvalue weighted by Gasteiger charge is -2.00. The number of aromatic nitrogens is 1. The highest BCUT2D eigenvalue weighted by molar-refractivity contribution is 6.33. The average Bonchev–Trinajstić information content (AvgIpc) is 2.67. The first-order valence-corrected chi connectivity index (χ1v) is 4.56. The molecule has 0 saturated carbocycles. The van der Waals surface area contributed by atoms with E-state index in [1.54, 1.807) is 24.3 Å². The predicted octanol–water partition coefficient (Wildman–Crippen LogP) is 2.09. The van der Waals surface area contributed by atoms with Crippen molar-refractivity contribution in [1.82, 2.24) is 4.98 Å². The number of benzene rings is 1. The van der Waals surface area contributed by atoms with Crippen LogP contribution in [0.1, 0.15) is 10.5 Å². The fourth-order valence-corrected chi connectivity index (χ4v) is 1.48. The van der Waals surface area contributed by atoms with Crippen LogP contribution in [0.5, 0.6) is 0 Å². The van der Waals surface area contributed by atoms with E-state index in [9.17, 15) is 4.79 Å². The summed E-state index contributed by atoms with van der Waals surface area (Å²) in [4.78, 5) is 14.8. The van der Waals surface area contributed by atoms with Crippen molar-refractivity contribution in [2.24, 2.45) is 5.73 Å². The topological polar surface area (TPSA) is 69.1 Å². The number of rotatable bonds is 2. The molecule has 5 heteroatoms. The molecule has 1 aromatic heterocycles. The molecule has 0 atom stereocenters. The van der Waals surface area contributed by atoms with Crippen LogP contribution in [0.2, 0.25) is 5.02 Å². The summed E-state index contributed by atoms with van der Waals surface area (Å²) in [5, 5.41) is 0.483. The first-order chi connectivity index (χ1) is 7.20. The second-order valence-electron chi connectivity index (χ2n) is 2.87. The van der Waals surface area contributed by atoms with Crippen molar-refractivity contribution in [1.29, 1.82) is 0 Å². The maximum Gasteiger partial charge on any atom is 0.271 e. The lowest BCUT2D eigenvalue weighted by Crippen LogP contribution is -2.12. The highest BCUT2D eigenvalue weighted by atomic mass is 35.5. The Labute approximate surface area is 90.7 Å². The quantitative estimate of drug-likeness (QED) is 0.846. The lowest BCUT2D eigenvalue weighted by atomic mass is 10.1. The Morgan fingerprint density at radius 2 is 2.13 bits per heavy atom. The summed E-state index contributed by atoms with van der Waals surface area (Å²) in [7, 11) is 0. The lowest BCUT2D eigenvalue weighted by molar-refractivity contribution is 0.0996. The maximum absolute atomic E-state index is 11.0. The molecule has 1 heterocycles. The summed E-state index contributed by atoms with van der Waals surface area (Å²) in [5.41, 5.74) is 5.83. The van der Waals surface area contributed by atoms with Gasteiger partial charge in [-0.3, -0.25) is 4.79 Å². The fourth-order valence-electron chi connectivity index (χ4n) is 1.26. The molecule has 2 rings (SSSR count). The minimum absolute atomic E-state index is 0.0862. The molecule has 0 bridgehead atoms. The van der Waals surface area contributed by atoms with Gasteiger partial charge in [-0.2, -0.15) is 0 Å². The molecular weight excluding hydrogens is 216 g/mol. The molecule has 15 heavy (non-hydrogen) atoms. The van der Waals surface area contributed by atoms with Gasteiger partial charge in [0.15, 0.2) is 17.8 Å². The number of halogens is 1. The van der Waals surface area contributed by atoms with Gasteiger partial charge in [0.05, 0.1) is 5.02 Å². The molecule has 0 fully saturated rings. The van der Waals surface area contributed by atoms with E-state index >= 15 is 0 Å². The molecule has 4 nitrogen and oxygen atoms in total. The average molecular weight is 223 g/mol. The van der Waals surface area contributed by atoms with E-state index in [1.807, 2.05) is 0 Å². The van der Waals surface area contributed by atoms with Gasteiger partial charge < -0.3 is 10.2 Å². The molecule has 0 saturated heterocycles. The summed E-state index contributed by atoms with van der Waals surface area (Å²) in [6, 6.07) is 7.00. The molecule has 2 aromatic rings. The first-order valence-electron chi connectivity index (χ1n) is 4.18. The van der Waals surface area contributed by atoms with Crippen LogP contribution in [-0.2, 0) is 0 Å². The van der Waals surface area contributed by atoms with E-state index < -0.39 is 5.91 Å². The SMILES string of the molecule is NC(=O)c1ncoc1-c1ccccc1Cl. The third-order valence-electron chi connectivity index (χ3n) is 1.92. The van der Waals surface area contributed by atoms with E-state index in [1.165, 1.54) is 6.39 Å². The summed E-state index contributed by atoms with van der Waals surface area (Å²) in [5.74, 6) is -0.341. The Bertz CT molecular complexity index is 508. The molecule has 76 valence electrons. The summed E-state index contributed by atoms with van der Waals surface area (Å²) in [6.45, 7) is 0. The normalized spacial score (nSPS) is 10.2. The van der Waals surface area contributed by atoms with E-state index in [4.69, 9.17) is 21.8 Å². The number of oxazole rings is 1. The van der Waals surface area contributed by atoms with Gasteiger partial charge >= 0.3 is 0 Å². The number of primary amides is 1. The van der Waals surface area contributed by atoms with E-state index in [0.717, 1.165) is 0 Å². The first kappa shape index (κ1) is 9.73. The Morgan fingerprint density at radius 3 is 2.80 bits per heavy atom. The zero-order chi connectivity index (χ0) is 10.8. The number of hydrogen-bond donors (Lipinski definition) is 1. The monoisotopic (exact) mass is 222 g/mol. The van der Waals surface area contributed by atoms with E-state index in [2.05, 4.69) is 4.98 Å². The van der Waals surface area contributed by atoms with Crippen LogP contribution in [0.25, 0.3) is 11.3 Å². The Morgan fingerprint density at radius 1 is 1.40 bits per heavy atom. The summed E-state index contributed by atoms with van der Waals surface area (Å²) < 4.78 is 5.10. The molecule has 0 aliphatic carbocycles. The number of hydrogen-bond acceptors (Lipinski definition) is 3. The molecule has 1 aromatic carbocycles. The largest absolute Gasteiger partial charge is 0.443 e. The number of carbonyl (C=O) groups is 1. The second-order valence-corrected chi connectivity index (χ2v) is 3.28. The third kappa shape index (κ3) is 1.71. The van der Waals surface area contributed by atoms with Crippen molar-refractivity contribution in [3.63, 3.8) is 0 Å². The maximum atomic E-state index is 11.0. The van der Waals surface area contributed by atoms with Gasteiger partial charge in [-0.1, -0.05) is 23.7 Å². The van der Waals surface area contributed by atoms with Crippen molar-refractivity contribution >= 4 is 17.5 Å². The molecule has 2 N–H and O–H groups in total. The Balaban J connectivity index is 2.59. The Hall–Kier alpha value is -1.81. The fraction of sp³-hybridized carbons (Fsp3) is 0. The predicted molar refractivity (Wildman–Crippen MR) is 55.5 cm³/mol. The highest BCUT2D eigenvalue weighted by Crippen LogP contribution is 2.29. The van der Waals surface area contributed by atoms with Crippen molar-refractivity contribution < 1.29 is 9.21 Å². The van der Waals surface area contributed by atoms with Crippen LogP contribution >= 0.6 is 11.6 Å². The van der Waals surface area contributed by atoms with Crippen LogP contribution in [0.4, 0.5) is 0 Å².